The summed E-state index contributed by atoms with van der Waals surface area (Å²) in [6.45, 7) is 0.445. The van der Waals surface area contributed by atoms with Crippen molar-refractivity contribution in [1.29, 1.82) is 0 Å². The molecule has 11 heavy (non-hydrogen) atoms. The van der Waals surface area contributed by atoms with Crippen LogP contribution in [0.25, 0.3) is 0 Å². The largest absolute Gasteiger partial charge is 0.391 e. The summed E-state index contributed by atoms with van der Waals surface area (Å²) in [5.74, 6) is 0.161. The van der Waals surface area contributed by atoms with Crippen LogP contribution < -0.4 is 5.32 Å². The number of amides is 1. The fraction of sp³-hybridized carbons (Fsp3) is 0.875. The summed E-state index contributed by atoms with van der Waals surface area (Å²) in [7, 11) is 0. The lowest BCUT2D eigenvalue weighted by Crippen LogP contribution is -2.54. The van der Waals surface area contributed by atoms with Gasteiger partial charge in [-0.05, 0) is 19.3 Å². The van der Waals surface area contributed by atoms with Crippen molar-refractivity contribution >= 4 is 5.91 Å². The fourth-order valence-electron chi connectivity index (χ4n) is 2.05. The minimum atomic E-state index is -0.312. The Labute approximate surface area is 65.8 Å². The van der Waals surface area contributed by atoms with Crippen LogP contribution in [0.2, 0.25) is 0 Å². The van der Waals surface area contributed by atoms with Gasteiger partial charge in [-0.2, -0.15) is 0 Å². The van der Waals surface area contributed by atoms with Crippen molar-refractivity contribution in [3.8, 4) is 0 Å². The molecule has 1 atom stereocenters. The number of aliphatic hydroxyl groups excluding tert-OH is 1. The lowest BCUT2D eigenvalue weighted by molar-refractivity contribution is -0.143. The van der Waals surface area contributed by atoms with Gasteiger partial charge in [-0.15, -0.1) is 0 Å². The molecule has 0 aromatic rings. The average Bonchev–Trinajstić information content (AvgIpc) is 1.91. The summed E-state index contributed by atoms with van der Waals surface area (Å²) in [6, 6.07) is 0. The van der Waals surface area contributed by atoms with Crippen LogP contribution in [-0.4, -0.2) is 23.7 Å². The van der Waals surface area contributed by atoms with Crippen molar-refractivity contribution in [2.45, 2.75) is 31.8 Å². The third-order valence-electron chi connectivity index (χ3n) is 2.92. The Hall–Kier alpha value is -0.570. The second-order valence-electron chi connectivity index (χ2n) is 3.70. The maximum Gasteiger partial charge on any atom is 0.226 e. The molecule has 0 radical (unpaired) electrons. The summed E-state index contributed by atoms with van der Waals surface area (Å²) in [5.41, 5.74) is -0.169. The van der Waals surface area contributed by atoms with Crippen molar-refractivity contribution in [1.82, 2.24) is 5.32 Å². The minimum Gasteiger partial charge on any atom is -0.391 e. The first kappa shape index (κ1) is 7.10. The monoisotopic (exact) mass is 155 g/mol. The molecule has 1 heterocycles. The Bertz CT molecular complexity index is 187. The summed E-state index contributed by atoms with van der Waals surface area (Å²) in [4.78, 5) is 11.3. The summed E-state index contributed by atoms with van der Waals surface area (Å²) in [5, 5.41) is 12.0. The fourth-order valence-corrected chi connectivity index (χ4v) is 2.05. The van der Waals surface area contributed by atoms with Crippen molar-refractivity contribution in [2.24, 2.45) is 5.41 Å². The number of β-amino-alcohol motifs (C(OH)–C–C–N with tert-alkyl or cyclic N) is 1. The molecule has 1 unspecified atom stereocenters. The molecule has 1 amide bonds. The zero-order valence-electron chi connectivity index (χ0n) is 6.47. The molecular weight excluding hydrogens is 142 g/mol. The van der Waals surface area contributed by atoms with Crippen LogP contribution in [0.1, 0.15) is 25.7 Å². The molecule has 2 fully saturated rings. The highest BCUT2D eigenvalue weighted by Crippen LogP contribution is 2.46. The van der Waals surface area contributed by atoms with Crippen LogP contribution in [-0.2, 0) is 4.79 Å². The molecule has 2 aliphatic rings. The van der Waals surface area contributed by atoms with Crippen LogP contribution in [0.5, 0.6) is 0 Å². The quantitative estimate of drug-likeness (QED) is 0.519. The number of hydrogen-bond donors (Lipinski definition) is 2. The number of rotatable bonds is 0. The molecule has 0 aromatic carbocycles. The van der Waals surface area contributed by atoms with E-state index in [1.807, 2.05) is 0 Å². The Kier molecular flexibility index (Phi) is 1.42. The molecule has 2 N–H and O–H groups in total. The molecular formula is C8H13NO2. The molecule has 2 rings (SSSR count). The van der Waals surface area contributed by atoms with Gasteiger partial charge >= 0.3 is 0 Å². The summed E-state index contributed by atoms with van der Waals surface area (Å²) >= 11 is 0. The van der Waals surface area contributed by atoms with Gasteiger partial charge in [0.15, 0.2) is 0 Å². The molecule has 1 spiro atoms. The van der Waals surface area contributed by atoms with E-state index in [2.05, 4.69) is 5.32 Å². The first-order valence-corrected chi connectivity index (χ1v) is 4.19. The van der Waals surface area contributed by atoms with Crippen molar-refractivity contribution < 1.29 is 9.90 Å². The predicted molar refractivity (Wildman–Crippen MR) is 39.9 cm³/mol. The molecule has 1 aliphatic carbocycles. The number of hydrogen-bond acceptors (Lipinski definition) is 2. The second kappa shape index (κ2) is 2.21. The maximum absolute atomic E-state index is 11.3. The molecule has 1 saturated heterocycles. The number of nitrogens with one attached hydrogen (secondary N) is 1. The summed E-state index contributed by atoms with van der Waals surface area (Å²) in [6.07, 6.45) is 3.44. The zero-order chi connectivity index (χ0) is 7.90. The number of piperidine rings is 1. The van der Waals surface area contributed by atoms with Crippen LogP contribution >= 0.6 is 0 Å². The second-order valence-corrected chi connectivity index (χ2v) is 3.70. The highest BCUT2D eigenvalue weighted by atomic mass is 16.3. The highest BCUT2D eigenvalue weighted by Gasteiger charge is 2.47. The average molecular weight is 155 g/mol. The molecule has 3 heteroatoms. The van der Waals surface area contributed by atoms with Crippen molar-refractivity contribution in [2.75, 3.05) is 6.54 Å². The smallest absolute Gasteiger partial charge is 0.226 e. The first-order chi connectivity index (χ1) is 5.23. The van der Waals surface area contributed by atoms with E-state index in [1.165, 1.54) is 0 Å². The zero-order valence-corrected chi connectivity index (χ0v) is 6.47. The van der Waals surface area contributed by atoms with Crippen LogP contribution in [0, 0.1) is 5.41 Å². The van der Waals surface area contributed by atoms with E-state index in [1.54, 1.807) is 0 Å². The van der Waals surface area contributed by atoms with E-state index in [0.29, 0.717) is 13.0 Å². The van der Waals surface area contributed by atoms with Gasteiger partial charge in [0.1, 0.15) is 0 Å². The van der Waals surface area contributed by atoms with Gasteiger partial charge in [0.05, 0.1) is 11.5 Å². The molecule has 3 nitrogen and oxygen atoms in total. The number of carbonyl (C=O) groups is 1. The molecule has 1 aliphatic heterocycles. The normalized spacial score (nSPS) is 34.6. The Morgan fingerprint density at radius 1 is 1.55 bits per heavy atom. The van der Waals surface area contributed by atoms with Crippen molar-refractivity contribution in [3.63, 3.8) is 0 Å². The number of aliphatic hydroxyl groups is 1. The van der Waals surface area contributed by atoms with Gasteiger partial charge in [-0.1, -0.05) is 6.42 Å². The van der Waals surface area contributed by atoms with E-state index in [-0.39, 0.29) is 17.4 Å². The van der Waals surface area contributed by atoms with E-state index in [4.69, 9.17) is 0 Å². The van der Waals surface area contributed by atoms with Gasteiger partial charge in [-0.3, -0.25) is 4.79 Å². The molecule has 0 aromatic heterocycles. The van der Waals surface area contributed by atoms with E-state index < -0.39 is 0 Å². The third kappa shape index (κ3) is 0.948. The van der Waals surface area contributed by atoms with E-state index >= 15 is 0 Å². The van der Waals surface area contributed by atoms with Gasteiger partial charge in [-0.25, -0.2) is 0 Å². The SMILES string of the molecule is O=C1NCC(O)CC12CCC2. The van der Waals surface area contributed by atoms with E-state index in [9.17, 15) is 9.90 Å². The Morgan fingerprint density at radius 3 is 2.73 bits per heavy atom. The Balaban J connectivity index is 2.10. The molecule has 62 valence electrons. The lowest BCUT2D eigenvalue weighted by Gasteiger charge is -2.44. The van der Waals surface area contributed by atoms with Crippen LogP contribution in [0.3, 0.4) is 0 Å². The Morgan fingerprint density at radius 2 is 2.27 bits per heavy atom. The topological polar surface area (TPSA) is 49.3 Å². The van der Waals surface area contributed by atoms with Crippen LogP contribution in [0.4, 0.5) is 0 Å². The third-order valence-corrected chi connectivity index (χ3v) is 2.92. The highest BCUT2D eigenvalue weighted by molar-refractivity contribution is 5.84. The summed E-state index contributed by atoms with van der Waals surface area (Å²) < 4.78 is 0. The maximum atomic E-state index is 11.3. The van der Waals surface area contributed by atoms with Gasteiger partial charge in [0.2, 0.25) is 5.91 Å². The van der Waals surface area contributed by atoms with Gasteiger partial charge < -0.3 is 10.4 Å². The first-order valence-electron chi connectivity index (χ1n) is 4.19. The van der Waals surface area contributed by atoms with Crippen LogP contribution in [0.15, 0.2) is 0 Å². The van der Waals surface area contributed by atoms with Crippen molar-refractivity contribution in [3.05, 3.63) is 0 Å². The number of carbonyl (C=O) groups excluding carboxylic acids is 1. The molecule has 0 bridgehead atoms. The van der Waals surface area contributed by atoms with Gasteiger partial charge in [0, 0.05) is 6.54 Å². The van der Waals surface area contributed by atoms with E-state index in [0.717, 1.165) is 19.3 Å². The predicted octanol–water partition coefficient (Wildman–Crippen LogP) is 0.0375. The minimum absolute atomic E-state index is 0.161. The standard InChI is InChI=1S/C8H13NO2/c10-6-4-8(2-1-3-8)7(11)9-5-6/h6,10H,1-5H2,(H,9,11). The van der Waals surface area contributed by atoms with Gasteiger partial charge in [0.25, 0.3) is 0 Å². The molecule has 1 saturated carbocycles. The lowest BCUT2D eigenvalue weighted by atomic mass is 9.63.